The standard InChI is InChI=1S/C15H19FN4OS/c1-11-9-19(7-8-21-11)10-20-15(22)18(2)14(17-20)12-3-5-13(16)6-4-12/h3-6,11H,7-10H2,1-2H3/t11-/m0/s1. The maximum atomic E-state index is 13.1. The van der Waals surface area contributed by atoms with Gasteiger partial charge in [-0.05, 0) is 43.4 Å². The summed E-state index contributed by atoms with van der Waals surface area (Å²) >= 11 is 5.47. The molecule has 7 heteroatoms. The van der Waals surface area contributed by atoms with Crippen molar-refractivity contribution < 1.29 is 9.13 Å². The molecule has 118 valence electrons. The summed E-state index contributed by atoms with van der Waals surface area (Å²) in [6.07, 6.45) is 0.225. The largest absolute Gasteiger partial charge is 0.376 e. The summed E-state index contributed by atoms with van der Waals surface area (Å²) in [5.41, 5.74) is 0.851. The number of aromatic nitrogens is 3. The highest BCUT2D eigenvalue weighted by atomic mass is 32.1. The molecule has 3 rings (SSSR count). The van der Waals surface area contributed by atoms with Crippen LogP contribution in [0.3, 0.4) is 0 Å². The minimum absolute atomic E-state index is 0.225. The molecule has 1 aliphatic heterocycles. The summed E-state index contributed by atoms with van der Waals surface area (Å²) in [6, 6.07) is 6.29. The fourth-order valence-electron chi connectivity index (χ4n) is 2.64. The van der Waals surface area contributed by atoms with E-state index >= 15 is 0 Å². The molecular weight excluding hydrogens is 303 g/mol. The second-order valence-corrected chi connectivity index (χ2v) is 5.94. The van der Waals surface area contributed by atoms with Crippen molar-refractivity contribution in [1.82, 2.24) is 19.2 Å². The molecule has 1 atom stereocenters. The number of rotatable bonds is 3. The van der Waals surface area contributed by atoms with Crippen LogP contribution in [0.2, 0.25) is 0 Å². The van der Waals surface area contributed by atoms with Crippen LogP contribution in [0.25, 0.3) is 11.4 Å². The van der Waals surface area contributed by atoms with E-state index in [-0.39, 0.29) is 11.9 Å². The topological polar surface area (TPSA) is 35.2 Å². The normalized spacial score (nSPS) is 19.5. The lowest BCUT2D eigenvalue weighted by Gasteiger charge is -2.30. The fraction of sp³-hybridized carbons (Fsp3) is 0.467. The predicted molar refractivity (Wildman–Crippen MR) is 84.4 cm³/mol. The summed E-state index contributed by atoms with van der Waals surface area (Å²) in [4.78, 5) is 2.27. The summed E-state index contributed by atoms with van der Waals surface area (Å²) in [6.45, 7) is 5.17. The SMILES string of the molecule is C[C@H]1CN(Cn2nc(-c3ccc(F)cc3)n(C)c2=S)CCO1. The highest BCUT2D eigenvalue weighted by molar-refractivity contribution is 7.71. The smallest absolute Gasteiger partial charge is 0.199 e. The number of halogens is 1. The average Bonchev–Trinajstić information content (AvgIpc) is 2.77. The molecule has 0 bridgehead atoms. The molecule has 0 N–H and O–H groups in total. The van der Waals surface area contributed by atoms with E-state index in [0.717, 1.165) is 31.1 Å². The van der Waals surface area contributed by atoms with Crippen LogP contribution >= 0.6 is 12.2 Å². The Balaban J connectivity index is 1.86. The average molecular weight is 322 g/mol. The Labute approximate surface area is 133 Å². The third kappa shape index (κ3) is 3.11. The molecule has 1 fully saturated rings. The maximum absolute atomic E-state index is 13.1. The van der Waals surface area contributed by atoms with E-state index in [4.69, 9.17) is 17.0 Å². The fourth-order valence-corrected chi connectivity index (χ4v) is 2.82. The number of morpholine rings is 1. The van der Waals surface area contributed by atoms with Crippen molar-refractivity contribution in [2.45, 2.75) is 19.7 Å². The van der Waals surface area contributed by atoms with E-state index in [0.29, 0.717) is 11.4 Å². The lowest BCUT2D eigenvalue weighted by atomic mass is 10.2. The molecule has 1 aliphatic rings. The Morgan fingerprint density at radius 2 is 2.09 bits per heavy atom. The van der Waals surface area contributed by atoms with Crippen molar-refractivity contribution in [2.75, 3.05) is 19.7 Å². The highest BCUT2D eigenvalue weighted by Crippen LogP contribution is 2.18. The van der Waals surface area contributed by atoms with Gasteiger partial charge >= 0.3 is 0 Å². The number of ether oxygens (including phenoxy) is 1. The van der Waals surface area contributed by atoms with Crippen molar-refractivity contribution in [3.63, 3.8) is 0 Å². The Morgan fingerprint density at radius 1 is 1.36 bits per heavy atom. The molecule has 2 aromatic rings. The number of hydrogen-bond acceptors (Lipinski definition) is 4. The van der Waals surface area contributed by atoms with Gasteiger partial charge in [0.2, 0.25) is 0 Å². The second kappa shape index (κ2) is 6.28. The molecule has 22 heavy (non-hydrogen) atoms. The highest BCUT2D eigenvalue weighted by Gasteiger charge is 2.18. The first-order valence-electron chi connectivity index (χ1n) is 7.28. The van der Waals surface area contributed by atoms with Gasteiger partial charge in [0.05, 0.1) is 19.4 Å². The van der Waals surface area contributed by atoms with Gasteiger partial charge in [-0.3, -0.25) is 4.90 Å². The van der Waals surface area contributed by atoms with Crippen LogP contribution in [0.4, 0.5) is 4.39 Å². The molecule has 0 unspecified atom stereocenters. The van der Waals surface area contributed by atoms with Crippen LogP contribution in [0.5, 0.6) is 0 Å². The maximum Gasteiger partial charge on any atom is 0.199 e. The van der Waals surface area contributed by atoms with Crippen molar-refractivity contribution in [3.8, 4) is 11.4 Å². The first-order chi connectivity index (χ1) is 10.5. The first-order valence-corrected chi connectivity index (χ1v) is 7.69. The van der Waals surface area contributed by atoms with Crippen molar-refractivity contribution in [1.29, 1.82) is 0 Å². The van der Waals surface area contributed by atoms with E-state index in [1.807, 2.05) is 16.3 Å². The van der Waals surface area contributed by atoms with Crippen molar-refractivity contribution >= 4 is 12.2 Å². The van der Waals surface area contributed by atoms with Gasteiger partial charge in [-0.2, -0.15) is 5.10 Å². The number of hydrogen-bond donors (Lipinski definition) is 0. The lowest BCUT2D eigenvalue weighted by Crippen LogP contribution is -2.42. The van der Waals surface area contributed by atoms with Crippen molar-refractivity contribution in [2.24, 2.45) is 7.05 Å². The van der Waals surface area contributed by atoms with E-state index in [1.54, 1.807) is 12.1 Å². The summed E-state index contributed by atoms with van der Waals surface area (Å²) in [5.74, 6) is 0.484. The molecule has 1 saturated heterocycles. The Kier molecular flexibility index (Phi) is 4.37. The monoisotopic (exact) mass is 322 g/mol. The Hall–Kier alpha value is -1.57. The van der Waals surface area contributed by atoms with Gasteiger partial charge in [0.15, 0.2) is 10.6 Å². The van der Waals surface area contributed by atoms with Crippen LogP contribution in [-0.2, 0) is 18.5 Å². The molecule has 1 aromatic carbocycles. The summed E-state index contributed by atoms with van der Waals surface area (Å²) in [5, 5.41) is 4.60. The van der Waals surface area contributed by atoms with Gasteiger partial charge in [0.1, 0.15) is 5.82 Å². The molecule has 5 nitrogen and oxygen atoms in total. The Morgan fingerprint density at radius 3 is 2.77 bits per heavy atom. The number of benzene rings is 1. The van der Waals surface area contributed by atoms with E-state index in [9.17, 15) is 4.39 Å². The van der Waals surface area contributed by atoms with Gasteiger partial charge < -0.3 is 9.30 Å². The van der Waals surface area contributed by atoms with Crippen LogP contribution in [0.1, 0.15) is 6.92 Å². The third-order valence-corrected chi connectivity index (χ3v) is 4.29. The van der Waals surface area contributed by atoms with Crippen LogP contribution in [0, 0.1) is 10.6 Å². The van der Waals surface area contributed by atoms with Crippen LogP contribution in [-0.4, -0.2) is 45.0 Å². The zero-order valence-corrected chi connectivity index (χ0v) is 13.5. The zero-order chi connectivity index (χ0) is 15.7. The van der Waals surface area contributed by atoms with Crippen LogP contribution in [0.15, 0.2) is 24.3 Å². The van der Waals surface area contributed by atoms with Gasteiger partial charge in [0, 0.05) is 25.7 Å². The molecule has 0 saturated carbocycles. The molecule has 2 heterocycles. The molecule has 0 spiro atoms. The van der Waals surface area contributed by atoms with Crippen molar-refractivity contribution in [3.05, 3.63) is 34.9 Å². The molecular formula is C15H19FN4OS. The van der Waals surface area contributed by atoms with E-state index < -0.39 is 0 Å². The molecule has 1 aromatic heterocycles. The zero-order valence-electron chi connectivity index (χ0n) is 12.7. The van der Waals surface area contributed by atoms with Gasteiger partial charge in [-0.1, -0.05) is 0 Å². The number of nitrogens with zero attached hydrogens (tertiary/aromatic N) is 4. The van der Waals surface area contributed by atoms with Crippen LogP contribution < -0.4 is 0 Å². The quantitative estimate of drug-likeness (QED) is 0.813. The first kappa shape index (κ1) is 15.3. The van der Waals surface area contributed by atoms with Gasteiger partial charge in [-0.25, -0.2) is 9.07 Å². The molecule has 0 aliphatic carbocycles. The van der Waals surface area contributed by atoms with Gasteiger partial charge in [0.25, 0.3) is 0 Å². The summed E-state index contributed by atoms with van der Waals surface area (Å²) < 4.78 is 22.9. The predicted octanol–water partition coefficient (Wildman–Crippen LogP) is 2.44. The molecule has 0 radical (unpaired) electrons. The minimum Gasteiger partial charge on any atom is -0.376 e. The lowest BCUT2D eigenvalue weighted by molar-refractivity contribution is -0.0307. The Bertz CT molecular complexity index is 709. The minimum atomic E-state index is -0.258. The third-order valence-electron chi connectivity index (χ3n) is 3.80. The molecule has 0 amide bonds. The summed E-state index contributed by atoms with van der Waals surface area (Å²) in [7, 11) is 1.88. The second-order valence-electron chi connectivity index (χ2n) is 5.57. The van der Waals surface area contributed by atoms with Gasteiger partial charge in [-0.15, -0.1) is 0 Å². The van der Waals surface area contributed by atoms with E-state index in [1.165, 1.54) is 12.1 Å². The van der Waals surface area contributed by atoms with E-state index in [2.05, 4.69) is 16.9 Å².